The van der Waals surface area contributed by atoms with Crippen molar-refractivity contribution in [3.05, 3.63) is 24.3 Å². The number of rotatable bonds is 4. The van der Waals surface area contributed by atoms with Crippen molar-refractivity contribution in [2.45, 2.75) is 31.9 Å². The zero-order valence-electron chi connectivity index (χ0n) is 13.4. The van der Waals surface area contributed by atoms with Gasteiger partial charge in [0.15, 0.2) is 0 Å². The summed E-state index contributed by atoms with van der Waals surface area (Å²) in [4.78, 5) is 14.6. The second kappa shape index (κ2) is 6.63. The molecule has 1 N–H and O–H groups in total. The summed E-state index contributed by atoms with van der Waals surface area (Å²) in [5.74, 6) is 0.543. The second-order valence-corrected chi connectivity index (χ2v) is 6.44. The van der Waals surface area contributed by atoms with E-state index in [0.717, 1.165) is 38.0 Å². The Morgan fingerprint density at radius 1 is 1.12 bits per heavy atom. The Morgan fingerprint density at radius 2 is 1.79 bits per heavy atom. The SMILES string of the molecule is O=C1N(c2ccc(OCCC(F)(F)F)cc2)CCC12CCNCC2. The zero-order chi connectivity index (χ0) is 17.2. The molecular formula is C17H21F3N2O2. The van der Waals surface area contributed by atoms with Crippen LogP contribution in [0.15, 0.2) is 24.3 Å². The molecule has 1 aromatic carbocycles. The van der Waals surface area contributed by atoms with Crippen LogP contribution in [0, 0.1) is 5.41 Å². The van der Waals surface area contributed by atoms with Gasteiger partial charge in [0.05, 0.1) is 18.4 Å². The van der Waals surface area contributed by atoms with Crippen molar-refractivity contribution in [2.24, 2.45) is 5.41 Å². The minimum absolute atomic E-state index is 0.162. The summed E-state index contributed by atoms with van der Waals surface area (Å²) in [6.45, 7) is 2.02. The number of ether oxygens (including phenoxy) is 1. The monoisotopic (exact) mass is 342 g/mol. The molecule has 2 heterocycles. The fourth-order valence-corrected chi connectivity index (χ4v) is 3.44. The molecule has 2 aliphatic heterocycles. The summed E-state index contributed by atoms with van der Waals surface area (Å²) in [5, 5.41) is 3.28. The first-order chi connectivity index (χ1) is 11.4. The van der Waals surface area contributed by atoms with Gasteiger partial charge in [0, 0.05) is 12.2 Å². The van der Waals surface area contributed by atoms with Gasteiger partial charge in [-0.1, -0.05) is 0 Å². The van der Waals surface area contributed by atoms with Crippen molar-refractivity contribution in [1.29, 1.82) is 0 Å². The number of alkyl halides is 3. The van der Waals surface area contributed by atoms with Gasteiger partial charge in [0.2, 0.25) is 5.91 Å². The molecule has 2 saturated heterocycles. The largest absolute Gasteiger partial charge is 0.493 e. The predicted octanol–water partition coefficient (Wildman–Crippen LogP) is 3.12. The Kier molecular flexibility index (Phi) is 4.71. The lowest BCUT2D eigenvalue weighted by Gasteiger charge is -2.32. The quantitative estimate of drug-likeness (QED) is 0.914. The zero-order valence-corrected chi connectivity index (χ0v) is 13.4. The van der Waals surface area contributed by atoms with Gasteiger partial charge in [-0.3, -0.25) is 4.79 Å². The number of hydrogen-bond acceptors (Lipinski definition) is 3. The molecule has 0 unspecified atom stereocenters. The number of carbonyl (C=O) groups is 1. The molecule has 0 atom stereocenters. The van der Waals surface area contributed by atoms with Gasteiger partial charge >= 0.3 is 6.18 Å². The van der Waals surface area contributed by atoms with Crippen LogP contribution in [0.1, 0.15) is 25.7 Å². The van der Waals surface area contributed by atoms with E-state index >= 15 is 0 Å². The number of hydrogen-bond donors (Lipinski definition) is 1. The third kappa shape index (κ3) is 3.66. The lowest BCUT2D eigenvalue weighted by molar-refractivity contribution is -0.139. The van der Waals surface area contributed by atoms with Crippen molar-refractivity contribution < 1.29 is 22.7 Å². The van der Waals surface area contributed by atoms with Crippen molar-refractivity contribution >= 4 is 11.6 Å². The normalized spacial score (nSPS) is 20.6. The highest BCUT2D eigenvalue weighted by Crippen LogP contribution is 2.41. The van der Waals surface area contributed by atoms with Crippen molar-refractivity contribution in [3.8, 4) is 5.75 Å². The summed E-state index contributed by atoms with van der Waals surface area (Å²) in [6, 6.07) is 6.71. The van der Waals surface area contributed by atoms with Gasteiger partial charge < -0.3 is 15.0 Å². The van der Waals surface area contributed by atoms with Crippen molar-refractivity contribution in [2.75, 3.05) is 31.1 Å². The highest BCUT2D eigenvalue weighted by atomic mass is 19.4. The van der Waals surface area contributed by atoms with Gasteiger partial charge in [0.25, 0.3) is 0 Å². The summed E-state index contributed by atoms with van der Waals surface area (Å²) in [5.41, 5.74) is 0.534. The van der Waals surface area contributed by atoms with Crippen molar-refractivity contribution in [3.63, 3.8) is 0 Å². The van der Waals surface area contributed by atoms with E-state index < -0.39 is 19.2 Å². The van der Waals surface area contributed by atoms with E-state index in [1.54, 1.807) is 29.2 Å². The molecule has 0 saturated carbocycles. The molecule has 132 valence electrons. The number of benzene rings is 1. The molecule has 2 aliphatic rings. The maximum atomic E-state index is 12.8. The Labute approximate surface area is 139 Å². The number of amides is 1. The first kappa shape index (κ1) is 17.1. The molecule has 7 heteroatoms. The standard InChI is InChI=1S/C17H21F3N2O2/c18-17(19,20)8-12-24-14-3-1-13(2-4-14)22-11-7-16(15(22)23)5-9-21-10-6-16/h1-4,21H,5-12H2. The highest BCUT2D eigenvalue weighted by molar-refractivity contribution is 6.00. The molecule has 2 fully saturated rings. The number of nitrogens with zero attached hydrogens (tertiary/aromatic N) is 1. The van der Waals surface area contributed by atoms with E-state index in [-0.39, 0.29) is 11.3 Å². The van der Waals surface area contributed by atoms with Crippen LogP contribution >= 0.6 is 0 Å². The van der Waals surface area contributed by atoms with E-state index in [2.05, 4.69) is 5.32 Å². The Balaban J connectivity index is 1.61. The number of piperidine rings is 1. The second-order valence-electron chi connectivity index (χ2n) is 6.44. The van der Waals surface area contributed by atoms with Crippen LogP contribution in [0.25, 0.3) is 0 Å². The number of carbonyl (C=O) groups excluding carboxylic acids is 1. The molecule has 0 radical (unpaired) electrons. The third-order valence-corrected chi connectivity index (χ3v) is 4.88. The number of halogens is 3. The van der Waals surface area contributed by atoms with Crippen LogP contribution < -0.4 is 15.0 Å². The maximum Gasteiger partial charge on any atom is 0.392 e. The number of anilines is 1. The summed E-state index contributed by atoms with van der Waals surface area (Å²) in [7, 11) is 0. The molecule has 1 spiro atoms. The fourth-order valence-electron chi connectivity index (χ4n) is 3.44. The lowest BCUT2D eigenvalue weighted by atomic mass is 9.78. The highest BCUT2D eigenvalue weighted by Gasteiger charge is 2.47. The molecule has 0 aromatic heterocycles. The van der Waals surface area contributed by atoms with E-state index in [4.69, 9.17) is 4.74 Å². The molecule has 4 nitrogen and oxygen atoms in total. The van der Waals surface area contributed by atoms with Crippen LogP contribution in [0.2, 0.25) is 0 Å². The minimum Gasteiger partial charge on any atom is -0.493 e. The molecular weight excluding hydrogens is 321 g/mol. The Morgan fingerprint density at radius 3 is 2.42 bits per heavy atom. The molecule has 24 heavy (non-hydrogen) atoms. The Hall–Kier alpha value is -1.76. The molecule has 0 aliphatic carbocycles. The maximum absolute atomic E-state index is 12.8. The van der Waals surface area contributed by atoms with Crippen LogP contribution in [0.5, 0.6) is 5.75 Å². The van der Waals surface area contributed by atoms with Crippen LogP contribution in [-0.2, 0) is 4.79 Å². The van der Waals surface area contributed by atoms with Gasteiger partial charge in [-0.05, 0) is 56.6 Å². The average molecular weight is 342 g/mol. The van der Waals surface area contributed by atoms with Crippen LogP contribution in [-0.4, -0.2) is 38.3 Å². The average Bonchev–Trinajstić information content (AvgIpc) is 2.85. The first-order valence-electron chi connectivity index (χ1n) is 8.22. The summed E-state index contributed by atoms with van der Waals surface area (Å²) < 4.78 is 41.5. The van der Waals surface area contributed by atoms with E-state index in [9.17, 15) is 18.0 Å². The van der Waals surface area contributed by atoms with Gasteiger partial charge in [-0.2, -0.15) is 13.2 Å². The van der Waals surface area contributed by atoms with E-state index in [1.165, 1.54) is 0 Å². The smallest absolute Gasteiger partial charge is 0.392 e. The van der Waals surface area contributed by atoms with E-state index in [1.807, 2.05) is 0 Å². The van der Waals surface area contributed by atoms with Gasteiger partial charge in [-0.15, -0.1) is 0 Å². The third-order valence-electron chi connectivity index (χ3n) is 4.88. The fraction of sp³-hybridized carbons (Fsp3) is 0.588. The predicted molar refractivity (Wildman–Crippen MR) is 84.1 cm³/mol. The first-order valence-corrected chi connectivity index (χ1v) is 8.22. The molecule has 3 rings (SSSR count). The van der Waals surface area contributed by atoms with Gasteiger partial charge in [0.1, 0.15) is 5.75 Å². The summed E-state index contributed by atoms with van der Waals surface area (Å²) in [6.07, 6.45) is -2.61. The number of nitrogens with one attached hydrogen (secondary N) is 1. The topological polar surface area (TPSA) is 41.6 Å². The van der Waals surface area contributed by atoms with Gasteiger partial charge in [-0.25, -0.2) is 0 Å². The molecule has 1 amide bonds. The van der Waals surface area contributed by atoms with Crippen LogP contribution in [0.3, 0.4) is 0 Å². The molecule has 0 bridgehead atoms. The Bertz CT molecular complexity index is 580. The molecule has 1 aromatic rings. The minimum atomic E-state index is -4.22. The van der Waals surface area contributed by atoms with Crippen LogP contribution in [0.4, 0.5) is 18.9 Å². The summed E-state index contributed by atoms with van der Waals surface area (Å²) >= 11 is 0. The van der Waals surface area contributed by atoms with Crippen molar-refractivity contribution in [1.82, 2.24) is 5.32 Å². The lowest BCUT2D eigenvalue weighted by Crippen LogP contribution is -2.42. The van der Waals surface area contributed by atoms with E-state index in [0.29, 0.717) is 12.3 Å².